The van der Waals surface area contributed by atoms with Crippen LogP contribution in [-0.4, -0.2) is 94.6 Å². The SMILES string of the molecule is CC=C1CC[C@H]2[C@@H]3CC[C@H]4CC(=O)CC[C@@H]4[C@H]3CC[C@]12C.CC=C1CC[C@H]2[C@@H]3CC[C@H]4C[C@@](C)(O)CC[C@@H]4[C@H]3CC[C@]12C.CC=C1CC[C@H]2[C@@H]3CC[C@H]4C[C@@](O)(c5ccccc5)CC[C@@H]4[C@H]3CC[C@]12C.CC=C1CC[C@H]2[C@@H]3CC[C@H]4C[C@](C)(O)CC[C@@H]4[C@H]3CC[C@]12C.CC=C1CC[C@H]2[C@@H]3CC[C@H]4C[C@](O)(c5ccccc5)CC[C@@H]4[C@H]3CC[C@]12C.O=S(=O)(c1ccccc1)C(F)F.O=S(=O)=C(F)F.O=S(=O)=C(F)F.[B][B].[HH]. The van der Waals surface area contributed by atoms with Gasteiger partial charge in [0, 0.05) is 29.7 Å². The number of halogens is 6. The molecule has 20 saturated carbocycles. The first-order valence-corrected chi connectivity index (χ1v) is 60.9. The van der Waals surface area contributed by atoms with Crippen molar-refractivity contribution in [1.82, 2.24) is 0 Å². The summed E-state index contributed by atoms with van der Waals surface area (Å²) in [5.74, 6) is 19.9. The predicted octanol–water partition coefficient (Wildman–Crippen LogP) is 29.7. The van der Waals surface area contributed by atoms with Gasteiger partial charge >= 0.3 is 16.5 Å². The van der Waals surface area contributed by atoms with Crippen molar-refractivity contribution < 1.29 is 78.2 Å². The molecule has 145 heavy (non-hydrogen) atoms. The van der Waals surface area contributed by atoms with Crippen LogP contribution in [0, 0.1) is 175 Å². The molecule has 22 heteroatoms. The Morgan fingerprint density at radius 3 is 0.814 bits per heavy atom. The average Bonchev–Trinajstić information content (AvgIpc) is 1.52. The first-order chi connectivity index (χ1) is 69.0. The normalized spacial score (nSPS) is 44.1. The van der Waals surface area contributed by atoms with E-state index < -0.39 is 58.1 Å². The molecule has 4 radical (unpaired) electrons. The number of carbonyl (C=O) groups excluding carboxylic acids is 1. The topological polar surface area (TPSA) is 200 Å². The van der Waals surface area contributed by atoms with E-state index in [1.54, 1.807) is 33.9 Å². The van der Waals surface area contributed by atoms with Crippen LogP contribution < -0.4 is 0 Å². The standard InChI is InChI=1S/2C26H36O.2C21H34O.C20H30O.C7H6F2O2S.2CF2O2S.B2.H2/c2*1-3-19-10-12-24-23-11-9-18-17-26(27,20-7-5-4-6-8-20)16-14-21(18)22(23)13-15-25(19,24)2;2*1-4-15-6-8-19-18-7-5-14-13-20(2,22)11-9-16(14)17(18)10-12-21(15,19)3;1-3-14-5-9-19-18-7-4-13-12-15(21)6-8-16(13)17(18)10-11-20(14,19)2;8-7(9)12(10,11)6-4-2-1-3-5-6;2*2-1(3)6(4)5;1-2;/h2*3-8,18,21-24,27H,9-17H2,1-2H3;2*4,14,16-19,22H,5-13H2,1-3H3;3,13,16-19H,4-12H2,1-2H3;1-5,7H;;;;1H/t18-,21-,22+,23+,24-,25+,26+;18-,21-,22+,23+,24-,25+,26-;14-,16-,17+,18+,19-,20+,21+;14-,16-,17+,18+,19-,20-,21+;13-,16-,17+,18+,19-,20+;;;;;/m00000...../s1. The van der Waals surface area contributed by atoms with Crippen molar-refractivity contribution >= 4 is 62.4 Å². The second-order valence-electron chi connectivity index (χ2n) is 51.3. The molecule has 0 aliphatic heterocycles. The van der Waals surface area contributed by atoms with E-state index in [9.17, 15) is 60.0 Å². The molecular weight excluding hydrogens is 1890 g/mol. The maximum Gasteiger partial charge on any atom is 0.387 e. The Kier molecular flexibility index (Phi) is 37.0. The predicted molar refractivity (Wildman–Crippen MR) is 577 cm³/mol. The molecule has 0 heterocycles. The minimum Gasteiger partial charge on any atom is -0.390 e. The van der Waals surface area contributed by atoms with Gasteiger partial charge in [0.1, 0.15) is 5.78 Å². The summed E-state index contributed by atoms with van der Waals surface area (Å²) in [4.78, 5) is 11.4. The summed E-state index contributed by atoms with van der Waals surface area (Å²) in [7, 11) is -2.98. The molecule has 20 fully saturated rings. The van der Waals surface area contributed by atoms with Crippen LogP contribution in [0.1, 0.15) is 385 Å². The molecule has 0 saturated heterocycles. The van der Waals surface area contributed by atoms with Crippen LogP contribution in [0.5, 0.6) is 0 Å². The number of fused-ring (bicyclic) bond motifs is 25. The molecule has 3 aromatic rings. The molecule has 4 N–H and O–H groups in total. The van der Waals surface area contributed by atoms with Crippen LogP contribution in [0.3, 0.4) is 0 Å². The van der Waals surface area contributed by atoms with Gasteiger partial charge < -0.3 is 20.4 Å². The van der Waals surface area contributed by atoms with E-state index in [-0.39, 0.29) is 17.5 Å². The molecule has 0 spiro atoms. The van der Waals surface area contributed by atoms with Gasteiger partial charge in [-0.15, -0.1) is 0 Å². The van der Waals surface area contributed by atoms with Gasteiger partial charge in [0.05, 0.1) is 27.3 Å². The minimum atomic E-state index is -4.41. The quantitative estimate of drug-likeness (QED) is 0.0637. The van der Waals surface area contributed by atoms with Crippen molar-refractivity contribution in [1.29, 1.82) is 0 Å². The number of ketones is 1. The van der Waals surface area contributed by atoms with Gasteiger partial charge in [0.2, 0.25) is 9.84 Å². The minimum absolute atomic E-state index is 0. The van der Waals surface area contributed by atoms with Gasteiger partial charge in [-0.1, -0.05) is 172 Å². The largest absolute Gasteiger partial charge is 0.390 e. The van der Waals surface area contributed by atoms with E-state index in [0.717, 1.165) is 235 Å². The summed E-state index contributed by atoms with van der Waals surface area (Å²) >= 11 is 0. The monoisotopic (exact) mass is 2060 g/mol. The van der Waals surface area contributed by atoms with Crippen molar-refractivity contribution in [3.63, 3.8) is 0 Å². The van der Waals surface area contributed by atoms with E-state index in [4.69, 9.17) is 16.8 Å². The number of benzene rings is 3. The van der Waals surface area contributed by atoms with E-state index in [1.807, 2.05) is 0 Å². The smallest absolute Gasteiger partial charge is 0.387 e. The van der Waals surface area contributed by atoms with Gasteiger partial charge in [-0.3, -0.25) is 4.79 Å². The van der Waals surface area contributed by atoms with Gasteiger partial charge in [-0.05, 0) is 523 Å². The van der Waals surface area contributed by atoms with Crippen LogP contribution in [0.2, 0.25) is 0 Å². The molecule has 0 bridgehead atoms. The fourth-order valence-corrected chi connectivity index (χ4v) is 39.7. The number of sulfone groups is 1. The maximum absolute atomic E-state index is 11.9. The van der Waals surface area contributed by atoms with E-state index in [2.05, 4.69) is 190 Å². The summed E-state index contributed by atoms with van der Waals surface area (Å²) in [6.07, 6.45) is 70.6. The number of Topliss-reactive ketones (excluding diaryl/α,β-unsaturated/α-hetero) is 1. The second kappa shape index (κ2) is 47.1. The Balaban J connectivity index is 0.000000136. The van der Waals surface area contributed by atoms with Crippen LogP contribution in [0.4, 0.5) is 26.3 Å². The van der Waals surface area contributed by atoms with E-state index in [1.165, 1.54) is 237 Å². The fraction of sp³-hybridized carbons (Fsp3) is 0.748. The molecule has 802 valence electrons. The molecule has 23 rings (SSSR count). The third kappa shape index (κ3) is 23.4. The molecule has 20 aliphatic carbocycles. The van der Waals surface area contributed by atoms with E-state index >= 15 is 0 Å². The second-order valence-corrected chi connectivity index (χ2v) is 54.8. The summed E-state index contributed by atoms with van der Waals surface area (Å²) in [6.45, 7) is 28.3. The lowest BCUT2D eigenvalue weighted by atomic mass is 9.49. The summed E-state index contributed by atoms with van der Waals surface area (Å²) in [5, 5.41) is 38.6. The first kappa shape index (κ1) is 114. The number of hydrogen-bond donors (Lipinski definition) is 4. The molecule has 0 aromatic heterocycles. The Morgan fingerprint density at radius 2 is 0.559 bits per heavy atom. The van der Waals surface area contributed by atoms with Crippen LogP contribution in [0.25, 0.3) is 0 Å². The Bertz CT molecular complexity index is 5250. The summed E-state index contributed by atoms with van der Waals surface area (Å²) in [5.41, 5.74) is 11.8. The van der Waals surface area contributed by atoms with Crippen LogP contribution >= 0.6 is 0 Å². The first-order valence-electron chi connectivity index (χ1n) is 57.2. The highest BCUT2D eigenvalue weighted by Crippen LogP contribution is 2.72. The van der Waals surface area contributed by atoms with Crippen LogP contribution in [0.15, 0.2) is 154 Å². The molecule has 20 aliphatic rings. The van der Waals surface area contributed by atoms with Crippen molar-refractivity contribution in [2.45, 2.75) is 405 Å². The molecule has 34 atom stereocenters. The maximum atomic E-state index is 11.9. The van der Waals surface area contributed by atoms with Crippen molar-refractivity contribution in [3.8, 4) is 0 Å². The Labute approximate surface area is 875 Å². The number of carbonyl (C=O) groups is 1. The zero-order valence-electron chi connectivity index (χ0n) is 89.7. The molecule has 0 amide bonds. The van der Waals surface area contributed by atoms with Crippen LogP contribution in [-0.2, 0) is 46.4 Å². The highest BCUT2D eigenvalue weighted by atomic mass is 32.2. The Morgan fingerprint density at radius 1 is 0.324 bits per heavy atom. The lowest BCUT2D eigenvalue weighted by Gasteiger charge is -2.56. The van der Waals surface area contributed by atoms with Gasteiger partial charge in [-0.25, -0.2) is 8.42 Å². The highest BCUT2D eigenvalue weighted by molar-refractivity contribution is 7.91. The van der Waals surface area contributed by atoms with Gasteiger partial charge in [-0.2, -0.15) is 43.2 Å². The molecule has 11 nitrogen and oxygen atoms in total. The number of allylic oxidation sites excluding steroid dienone is 10. The lowest BCUT2D eigenvalue weighted by Crippen LogP contribution is -2.49. The van der Waals surface area contributed by atoms with Crippen molar-refractivity contribution in [2.24, 2.45) is 175 Å². The molecule has 3 aromatic carbocycles. The highest BCUT2D eigenvalue weighted by Gasteiger charge is 2.63. The third-order valence-corrected chi connectivity index (χ3v) is 47.3. The number of hydrogen-bond acceptors (Lipinski definition) is 11. The Hall–Kier alpha value is -5.09. The fourth-order valence-electron chi connectivity index (χ4n) is 38.9. The zero-order chi connectivity index (χ0) is 104. The van der Waals surface area contributed by atoms with Gasteiger partial charge in [0.15, 0.2) is 0 Å². The number of rotatable bonds is 4. The summed E-state index contributed by atoms with van der Waals surface area (Å²) in [6, 6.07) is 27.6. The lowest BCUT2D eigenvalue weighted by molar-refractivity contribution is -0.126. The molecular formula is C123H178B2F6O11S3. The third-order valence-electron chi connectivity index (χ3n) is 45.4. The number of alkyl halides is 2. The van der Waals surface area contributed by atoms with Gasteiger partial charge in [0.25, 0.3) is 20.6 Å². The zero-order valence-corrected chi connectivity index (χ0v) is 92.1. The van der Waals surface area contributed by atoms with Crippen molar-refractivity contribution in [2.75, 3.05) is 0 Å². The van der Waals surface area contributed by atoms with Crippen molar-refractivity contribution in [3.05, 3.63) is 160 Å². The van der Waals surface area contributed by atoms with E-state index in [0.29, 0.717) is 32.9 Å². The summed E-state index contributed by atoms with van der Waals surface area (Å²) < 4.78 is 123. The molecule has 0 unspecified atom stereocenters. The number of aliphatic hydroxyl groups is 4. The average molecular weight is 2060 g/mol.